The molecular weight excluding hydrogens is 509 g/mol. The van der Waals surface area contributed by atoms with Gasteiger partial charge >= 0.3 is 0 Å². The van der Waals surface area contributed by atoms with Gasteiger partial charge in [-0.3, -0.25) is 9.78 Å². The zero-order valence-corrected chi connectivity index (χ0v) is 23.1. The monoisotopic (exact) mass is 541 g/mol. The van der Waals surface area contributed by atoms with Gasteiger partial charge < -0.3 is 20.1 Å². The second-order valence-electron chi connectivity index (χ2n) is 9.81. The first kappa shape index (κ1) is 26.6. The van der Waals surface area contributed by atoms with Crippen LogP contribution in [0.1, 0.15) is 53.6 Å². The second-order valence-corrected chi connectivity index (χ2v) is 10.2. The van der Waals surface area contributed by atoms with Crippen molar-refractivity contribution in [2.75, 3.05) is 11.9 Å². The Morgan fingerprint density at radius 3 is 2.49 bits per heavy atom. The first-order valence-corrected chi connectivity index (χ1v) is 13.6. The Morgan fingerprint density at radius 2 is 1.82 bits per heavy atom. The molecule has 1 amide bonds. The van der Waals surface area contributed by atoms with Gasteiger partial charge in [-0.05, 0) is 98.2 Å². The molecule has 0 bridgehead atoms. The fraction of sp³-hybridized carbons (Fsp3) is 0.258. The van der Waals surface area contributed by atoms with Gasteiger partial charge in [0.1, 0.15) is 5.82 Å². The number of aryl methyl sites for hydroxylation is 2. The summed E-state index contributed by atoms with van der Waals surface area (Å²) in [5, 5.41) is 6.91. The molecule has 1 saturated heterocycles. The molecule has 6 nitrogen and oxygen atoms in total. The van der Waals surface area contributed by atoms with Gasteiger partial charge in [-0.15, -0.1) is 0 Å². The van der Waals surface area contributed by atoms with Crippen LogP contribution in [0.15, 0.2) is 79.0 Å². The lowest BCUT2D eigenvalue weighted by atomic mass is 9.96. The molecule has 1 aliphatic heterocycles. The van der Waals surface area contributed by atoms with Crippen LogP contribution in [0.2, 0.25) is 0 Å². The van der Waals surface area contributed by atoms with E-state index in [0.717, 1.165) is 34.8 Å². The summed E-state index contributed by atoms with van der Waals surface area (Å²) in [6, 6.07) is 22.2. The van der Waals surface area contributed by atoms with Gasteiger partial charge in [0.2, 0.25) is 5.91 Å². The summed E-state index contributed by atoms with van der Waals surface area (Å²) in [5.41, 5.74) is 7.24. The summed E-state index contributed by atoms with van der Waals surface area (Å²) in [6.45, 7) is 6.82. The van der Waals surface area contributed by atoms with E-state index in [9.17, 15) is 9.18 Å². The van der Waals surface area contributed by atoms with Crippen molar-refractivity contribution in [2.45, 2.75) is 45.7 Å². The van der Waals surface area contributed by atoms with Crippen molar-refractivity contribution in [3.05, 3.63) is 113 Å². The number of carbonyl (C=O) groups is 1. The number of hydrogen-bond donors (Lipinski definition) is 2. The van der Waals surface area contributed by atoms with Crippen LogP contribution in [0.25, 0.3) is 5.69 Å². The van der Waals surface area contributed by atoms with Crippen LogP contribution in [0.3, 0.4) is 0 Å². The number of hydrogen-bond acceptors (Lipinski definition) is 3. The van der Waals surface area contributed by atoms with Gasteiger partial charge in [-0.2, -0.15) is 0 Å². The second kappa shape index (κ2) is 11.4. The summed E-state index contributed by atoms with van der Waals surface area (Å²) in [6.07, 6.45) is 3.01. The maximum atomic E-state index is 13.3. The number of anilines is 1. The standard InChI is InChI=1S/C31H32FN5OS/c1-4-22-8-14-25(15-9-22)37-20(2)19-26(21(37)3)30-29(27-7-5-6-17-33-27)35-31(39)36(30)18-16-28(38)34-24-12-10-23(32)11-13-24/h5-15,17,19,29-30H,4,16,18H2,1-3H3,(H,34,38)(H,35,39)/t29-,30-/m0/s1. The number of pyridine rings is 1. The van der Waals surface area contributed by atoms with E-state index in [1.165, 1.54) is 17.7 Å². The Morgan fingerprint density at radius 1 is 1.08 bits per heavy atom. The topological polar surface area (TPSA) is 62.2 Å². The highest BCUT2D eigenvalue weighted by atomic mass is 32.1. The molecule has 0 unspecified atom stereocenters. The third-order valence-electron chi connectivity index (χ3n) is 7.30. The van der Waals surface area contributed by atoms with Crippen molar-refractivity contribution in [1.82, 2.24) is 19.8 Å². The highest BCUT2D eigenvalue weighted by molar-refractivity contribution is 7.80. The lowest BCUT2D eigenvalue weighted by Crippen LogP contribution is -2.32. The first-order valence-electron chi connectivity index (χ1n) is 13.2. The molecule has 1 aliphatic rings. The van der Waals surface area contributed by atoms with Crippen molar-refractivity contribution >= 4 is 28.9 Å². The summed E-state index contributed by atoms with van der Waals surface area (Å²) in [7, 11) is 0. The Kier molecular flexibility index (Phi) is 7.74. The van der Waals surface area contributed by atoms with E-state index in [-0.39, 0.29) is 30.2 Å². The SMILES string of the molecule is CCc1ccc(-n2c(C)cc([C@H]3[C@H](c4ccccn4)NC(=S)N3CCC(=O)Nc3ccc(F)cc3)c2C)cc1. The number of benzene rings is 2. The molecule has 8 heteroatoms. The van der Waals surface area contributed by atoms with E-state index in [1.807, 2.05) is 18.2 Å². The van der Waals surface area contributed by atoms with Crippen LogP contribution in [-0.2, 0) is 11.2 Å². The minimum atomic E-state index is -0.344. The van der Waals surface area contributed by atoms with Crippen LogP contribution < -0.4 is 10.6 Å². The predicted molar refractivity (Wildman–Crippen MR) is 156 cm³/mol. The molecule has 0 spiro atoms. The zero-order chi connectivity index (χ0) is 27.5. The van der Waals surface area contributed by atoms with E-state index in [0.29, 0.717) is 17.3 Å². The predicted octanol–water partition coefficient (Wildman–Crippen LogP) is 6.19. The molecule has 2 aromatic carbocycles. The van der Waals surface area contributed by atoms with Crippen LogP contribution in [0, 0.1) is 19.7 Å². The Labute approximate surface area is 233 Å². The molecule has 0 saturated carbocycles. The minimum absolute atomic E-state index is 0.152. The molecule has 0 aliphatic carbocycles. The van der Waals surface area contributed by atoms with Crippen LogP contribution in [-0.4, -0.2) is 32.0 Å². The highest BCUT2D eigenvalue weighted by Crippen LogP contribution is 2.41. The summed E-state index contributed by atoms with van der Waals surface area (Å²) >= 11 is 5.80. The lowest BCUT2D eigenvalue weighted by molar-refractivity contribution is -0.116. The van der Waals surface area contributed by atoms with Gasteiger partial charge in [0.25, 0.3) is 0 Å². The molecule has 2 atom stereocenters. The number of thiocarbonyl (C=S) groups is 1. The largest absolute Gasteiger partial charge is 0.352 e. The fourth-order valence-corrected chi connectivity index (χ4v) is 5.66. The Hall–Kier alpha value is -4.04. The molecule has 2 aromatic heterocycles. The number of halogens is 1. The fourth-order valence-electron chi connectivity index (χ4n) is 5.33. The molecule has 5 rings (SSSR count). The highest BCUT2D eigenvalue weighted by Gasteiger charge is 2.41. The van der Waals surface area contributed by atoms with E-state index in [4.69, 9.17) is 12.2 Å². The average Bonchev–Trinajstić information content (AvgIpc) is 3.43. The van der Waals surface area contributed by atoms with Gasteiger partial charge in [0.05, 0.1) is 17.8 Å². The van der Waals surface area contributed by atoms with Crippen molar-refractivity contribution in [3.63, 3.8) is 0 Å². The van der Waals surface area contributed by atoms with Crippen LogP contribution in [0.5, 0.6) is 0 Å². The van der Waals surface area contributed by atoms with E-state index >= 15 is 0 Å². The van der Waals surface area contributed by atoms with Crippen molar-refractivity contribution < 1.29 is 9.18 Å². The number of aromatic nitrogens is 2. The lowest BCUT2D eigenvalue weighted by Gasteiger charge is -2.28. The minimum Gasteiger partial charge on any atom is -0.352 e. The molecular formula is C31H32FN5OS. The number of carbonyl (C=O) groups excluding carboxylic acids is 1. The van der Waals surface area contributed by atoms with E-state index in [1.54, 1.807) is 18.3 Å². The quantitative estimate of drug-likeness (QED) is 0.261. The normalized spacial score (nSPS) is 16.8. The van der Waals surface area contributed by atoms with Gasteiger partial charge in [0.15, 0.2) is 5.11 Å². The number of rotatable bonds is 8. The molecule has 2 N–H and O–H groups in total. The Balaban J connectivity index is 1.45. The smallest absolute Gasteiger partial charge is 0.226 e. The van der Waals surface area contributed by atoms with Crippen LogP contribution in [0.4, 0.5) is 10.1 Å². The summed E-state index contributed by atoms with van der Waals surface area (Å²) in [4.78, 5) is 19.5. The van der Waals surface area contributed by atoms with E-state index in [2.05, 4.69) is 76.2 Å². The van der Waals surface area contributed by atoms with Gasteiger partial charge in [0, 0.05) is 41.9 Å². The summed E-state index contributed by atoms with van der Waals surface area (Å²) < 4.78 is 15.5. The number of nitrogens with zero attached hydrogens (tertiary/aromatic N) is 3. The average molecular weight is 542 g/mol. The van der Waals surface area contributed by atoms with Crippen molar-refractivity contribution in [1.29, 1.82) is 0 Å². The van der Waals surface area contributed by atoms with Crippen molar-refractivity contribution in [3.8, 4) is 5.69 Å². The zero-order valence-electron chi connectivity index (χ0n) is 22.3. The van der Waals surface area contributed by atoms with Gasteiger partial charge in [-0.25, -0.2) is 4.39 Å². The maximum Gasteiger partial charge on any atom is 0.226 e. The molecule has 1 fully saturated rings. The molecule has 3 heterocycles. The van der Waals surface area contributed by atoms with Crippen molar-refractivity contribution in [2.24, 2.45) is 0 Å². The summed E-state index contributed by atoms with van der Waals surface area (Å²) in [5.74, 6) is -0.505. The van der Waals surface area contributed by atoms with Crippen LogP contribution >= 0.6 is 12.2 Å². The Bertz CT molecular complexity index is 1470. The third-order valence-corrected chi connectivity index (χ3v) is 7.65. The number of amides is 1. The third kappa shape index (κ3) is 5.56. The molecule has 0 radical (unpaired) electrons. The molecule has 39 heavy (non-hydrogen) atoms. The molecule has 200 valence electrons. The maximum absolute atomic E-state index is 13.3. The first-order chi connectivity index (χ1) is 18.9. The van der Waals surface area contributed by atoms with E-state index < -0.39 is 0 Å². The molecule has 4 aromatic rings. The number of nitrogens with one attached hydrogen (secondary N) is 2. The van der Waals surface area contributed by atoms with Gasteiger partial charge in [-0.1, -0.05) is 25.1 Å².